The van der Waals surface area contributed by atoms with E-state index in [-0.39, 0.29) is 6.42 Å². The maximum absolute atomic E-state index is 11.0. The van der Waals surface area contributed by atoms with Crippen LogP contribution in [0.3, 0.4) is 0 Å². The lowest BCUT2D eigenvalue weighted by Gasteiger charge is -2.20. The highest BCUT2D eigenvalue weighted by atomic mass is 16.1. The Morgan fingerprint density at radius 3 is 2.77 bits per heavy atom. The van der Waals surface area contributed by atoms with Gasteiger partial charge in [-0.05, 0) is 25.8 Å². The molecule has 1 atom stereocenters. The average Bonchev–Trinajstić information content (AvgIpc) is 2.93. The Hall–Kier alpha value is -2.57. The van der Waals surface area contributed by atoms with Gasteiger partial charge in [-0.1, -0.05) is 0 Å². The van der Waals surface area contributed by atoms with E-state index in [1.807, 2.05) is 0 Å². The first kappa shape index (κ1) is 14.4. The SMILES string of the molecule is CC1CCCN1c1ncc(-c2nccc(CC(N)=O)n2)cn1. The van der Waals surface area contributed by atoms with E-state index in [4.69, 9.17) is 5.73 Å². The van der Waals surface area contributed by atoms with Gasteiger partial charge in [0.25, 0.3) is 0 Å². The third kappa shape index (κ3) is 3.03. The van der Waals surface area contributed by atoms with E-state index < -0.39 is 5.91 Å². The number of primary amides is 1. The van der Waals surface area contributed by atoms with Gasteiger partial charge in [0, 0.05) is 31.2 Å². The number of nitrogens with two attached hydrogens (primary N) is 1. The van der Waals surface area contributed by atoms with Crippen molar-refractivity contribution in [1.82, 2.24) is 19.9 Å². The number of anilines is 1. The first-order chi connectivity index (χ1) is 10.6. The molecule has 1 amide bonds. The highest BCUT2D eigenvalue weighted by molar-refractivity contribution is 5.76. The fraction of sp³-hybridized carbons (Fsp3) is 0.400. The second-order valence-electron chi connectivity index (χ2n) is 5.47. The van der Waals surface area contributed by atoms with E-state index in [2.05, 4.69) is 31.8 Å². The maximum atomic E-state index is 11.0. The minimum Gasteiger partial charge on any atom is -0.369 e. The predicted octanol–water partition coefficient (Wildman–Crippen LogP) is 0.950. The molecule has 0 aromatic carbocycles. The molecule has 0 radical (unpaired) electrons. The van der Waals surface area contributed by atoms with E-state index in [1.165, 1.54) is 12.8 Å². The Morgan fingerprint density at radius 1 is 1.36 bits per heavy atom. The summed E-state index contributed by atoms with van der Waals surface area (Å²) in [6.45, 7) is 3.17. The molecule has 1 aliphatic rings. The number of carbonyl (C=O) groups is 1. The van der Waals surface area contributed by atoms with Gasteiger partial charge < -0.3 is 10.6 Å². The van der Waals surface area contributed by atoms with Gasteiger partial charge in [0.1, 0.15) is 0 Å². The Bertz CT molecular complexity index is 672. The average molecular weight is 298 g/mol. The molecule has 0 spiro atoms. The van der Waals surface area contributed by atoms with E-state index in [1.54, 1.807) is 24.7 Å². The molecule has 7 heteroatoms. The summed E-state index contributed by atoms with van der Waals surface area (Å²) in [6.07, 6.45) is 7.48. The fourth-order valence-corrected chi connectivity index (χ4v) is 2.63. The van der Waals surface area contributed by atoms with Crippen LogP contribution in [0.5, 0.6) is 0 Å². The molecule has 0 bridgehead atoms. The number of rotatable bonds is 4. The van der Waals surface area contributed by atoms with Gasteiger partial charge in [-0.15, -0.1) is 0 Å². The van der Waals surface area contributed by atoms with Gasteiger partial charge in [-0.2, -0.15) is 0 Å². The molecule has 0 saturated carbocycles. The van der Waals surface area contributed by atoms with E-state index >= 15 is 0 Å². The fourth-order valence-electron chi connectivity index (χ4n) is 2.63. The van der Waals surface area contributed by atoms with Crippen LogP contribution in [0, 0.1) is 0 Å². The minimum absolute atomic E-state index is 0.0970. The molecule has 2 aromatic rings. The molecule has 1 unspecified atom stereocenters. The summed E-state index contributed by atoms with van der Waals surface area (Å²) in [5.41, 5.74) is 6.50. The molecule has 1 aliphatic heterocycles. The molecule has 1 fully saturated rings. The van der Waals surface area contributed by atoms with Crippen LogP contribution in [0.15, 0.2) is 24.7 Å². The standard InChI is InChI=1S/C15H18N6O/c1-10-3-2-6-21(10)15-18-8-11(9-19-15)14-17-5-4-12(20-14)7-13(16)22/h4-5,8-10H,2-3,6-7H2,1H3,(H2,16,22). The van der Waals surface area contributed by atoms with Crippen molar-refractivity contribution < 1.29 is 4.79 Å². The van der Waals surface area contributed by atoms with Gasteiger partial charge in [0.05, 0.1) is 17.7 Å². The Morgan fingerprint density at radius 2 is 2.14 bits per heavy atom. The van der Waals surface area contributed by atoms with Gasteiger partial charge in [0.15, 0.2) is 5.82 Å². The number of hydrogen-bond donors (Lipinski definition) is 1. The molecule has 3 heterocycles. The Kier molecular flexibility index (Phi) is 3.95. The van der Waals surface area contributed by atoms with Crippen LogP contribution in [0.1, 0.15) is 25.5 Å². The summed E-state index contributed by atoms with van der Waals surface area (Å²) in [7, 11) is 0. The van der Waals surface area contributed by atoms with Crippen LogP contribution in [0.4, 0.5) is 5.95 Å². The van der Waals surface area contributed by atoms with Gasteiger partial charge in [-0.3, -0.25) is 4.79 Å². The van der Waals surface area contributed by atoms with Crippen molar-refractivity contribution in [3.63, 3.8) is 0 Å². The normalized spacial score (nSPS) is 17.7. The number of carbonyl (C=O) groups excluding carboxylic acids is 1. The van der Waals surface area contributed by atoms with Crippen LogP contribution >= 0.6 is 0 Å². The lowest BCUT2D eigenvalue weighted by Crippen LogP contribution is -2.28. The molecule has 2 aromatic heterocycles. The number of aromatic nitrogens is 4. The second kappa shape index (κ2) is 6.05. The summed E-state index contributed by atoms with van der Waals surface area (Å²) in [5.74, 6) is 0.820. The van der Waals surface area contributed by atoms with Crippen molar-refractivity contribution in [3.05, 3.63) is 30.4 Å². The Balaban J connectivity index is 1.82. The summed E-state index contributed by atoms with van der Waals surface area (Å²) < 4.78 is 0. The van der Waals surface area contributed by atoms with Crippen molar-refractivity contribution in [1.29, 1.82) is 0 Å². The Labute approximate surface area is 128 Å². The van der Waals surface area contributed by atoms with E-state index in [9.17, 15) is 4.79 Å². The van der Waals surface area contributed by atoms with Crippen LogP contribution in [0.2, 0.25) is 0 Å². The molecule has 7 nitrogen and oxygen atoms in total. The molecule has 0 aliphatic carbocycles. The first-order valence-electron chi connectivity index (χ1n) is 7.33. The number of nitrogens with zero attached hydrogens (tertiary/aromatic N) is 5. The molecule has 1 saturated heterocycles. The molecule has 2 N–H and O–H groups in total. The second-order valence-corrected chi connectivity index (χ2v) is 5.47. The molecule has 22 heavy (non-hydrogen) atoms. The highest BCUT2D eigenvalue weighted by Crippen LogP contribution is 2.22. The zero-order chi connectivity index (χ0) is 15.5. The quantitative estimate of drug-likeness (QED) is 0.902. The van der Waals surface area contributed by atoms with Crippen molar-refractivity contribution in [3.8, 4) is 11.4 Å². The first-order valence-corrected chi connectivity index (χ1v) is 7.33. The monoisotopic (exact) mass is 298 g/mol. The van der Waals surface area contributed by atoms with Gasteiger partial charge in [-0.25, -0.2) is 19.9 Å². The molecule has 3 rings (SSSR count). The third-order valence-electron chi connectivity index (χ3n) is 3.77. The maximum Gasteiger partial charge on any atom is 0.225 e. The summed E-state index contributed by atoms with van der Waals surface area (Å²) in [5, 5.41) is 0. The van der Waals surface area contributed by atoms with Crippen molar-refractivity contribution in [2.75, 3.05) is 11.4 Å². The largest absolute Gasteiger partial charge is 0.369 e. The van der Waals surface area contributed by atoms with Crippen molar-refractivity contribution >= 4 is 11.9 Å². The topological polar surface area (TPSA) is 97.9 Å². The molecular weight excluding hydrogens is 280 g/mol. The summed E-state index contributed by atoms with van der Waals surface area (Å²) in [6, 6.07) is 2.15. The van der Waals surface area contributed by atoms with Crippen molar-refractivity contribution in [2.24, 2.45) is 5.73 Å². The summed E-state index contributed by atoms with van der Waals surface area (Å²) in [4.78, 5) is 30.5. The van der Waals surface area contributed by atoms with E-state index in [0.29, 0.717) is 17.6 Å². The van der Waals surface area contributed by atoms with Crippen LogP contribution in [-0.4, -0.2) is 38.4 Å². The zero-order valence-corrected chi connectivity index (χ0v) is 12.4. The molecular formula is C15H18N6O. The number of hydrogen-bond acceptors (Lipinski definition) is 6. The van der Waals surface area contributed by atoms with Crippen LogP contribution in [-0.2, 0) is 11.2 Å². The van der Waals surface area contributed by atoms with Gasteiger partial charge >= 0.3 is 0 Å². The minimum atomic E-state index is -0.417. The van der Waals surface area contributed by atoms with Crippen LogP contribution in [0.25, 0.3) is 11.4 Å². The molecule has 114 valence electrons. The van der Waals surface area contributed by atoms with Gasteiger partial charge in [0.2, 0.25) is 11.9 Å². The highest BCUT2D eigenvalue weighted by Gasteiger charge is 2.22. The lowest BCUT2D eigenvalue weighted by atomic mass is 10.2. The predicted molar refractivity (Wildman–Crippen MR) is 82.0 cm³/mol. The van der Waals surface area contributed by atoms with Crippen molar-refractivity contribution in [2.45, 2.75) is 32.2 Å². The van der Waals surface area contributed by atoms with Crippen LogP contribution < -0.4 is 10.6 Å². The number of amides is 1. The smallest absolute Gasteiger partial charge is 0.225 e. The van der Waals surface area contributed by atoms with E-state index in [0.717, 1.165) is 18.1 Å². The summed E-state index contributed by atoms with van der Waals surface area (Å²) >= 11 is 0. The lowest BCUT2D eigenvalue weighted by molar-refractivity contribution is -0.117. The third-order valence-corrected chi connectivity index (χ3v) is 3.77. The zero-order valence-electron chi connectivity index (χ0n) is 12.4.